The molecule has 0 aliphatic carbocycles. The van der Waals surface area contributed by atoms with E-state index in [1.807, 2.05) is 50.2 Å². The molecule has 242 valence electrons. The van der Waals surface area contributed by atoms with E-state index in [2.05, 4.69) is 5.32 Å². The first kappa shape index (κ1) is 34.0. The first-order valence-corrected chi connectivity index (χ1v) is 16.0. The first-order valence-electron chi connectivity index (χ1n) is 14.6. The number of halogens is 1. The van der Waals surface area contributed by atoms with Gasteiger partial charge in [0.05, 0.1) is 24.8 Å². The highest BCUT2D eigenvalue weighted by Gasteiger charge is 2.35. The van der Waals surface area contributed by atoms with Gasteiger partial charge in [0.1, 0.15) is 18.4 Å². The summed E-state index contributed by atoms with van der Waals surface area (Å²) in [7, 11) is -0.0399. The van der Waals surface area contributed by atoms with E-state index in [0.29, 0.717) is 11.3 Å². The smallest absolute Gasteiger partial charge is 0.264 e. The molecule has 2 amide bonds. The third kappa shape index (κ3) is 8.02. The van der Waals surface area contributed by atoms with Crippen LogP contribution in [0.15, 0.2) is 95.9 Å². The minimum atomic E-state index is -4.36. The molecule has 9 nitrogen and oxygen atoms in total. The Morgan fingerprint density at radius 3 is 2.04 bits per heavy atom. The van der Waals surface area contributed by atoms with E-state index in [-0.39, 0.29) is 29.3 Å². The number of ether oxygens (including phenoxy) is 2. The average molecular weight is 648 g/mol. The number of sulfonamides is 1. The second-order valence-electron chi connectivity index (χ2n) is 10.8. The molecule has 0 saturated heterocycles. The van der Waals surface area contributed by atoms with Gasteiger partial charge in [-0.2, -0.15) is 0 Å². The predicted molar refractivity (Wildman–Crippen MR) is 175 cm³/mol. The van der Waals surface area contributed by atoms with E-state index in [4.69, 9.17) is 9.47 Å². The van der Waals surface area contributed by atoms with E-state index < -0.39 is 40.2 Å². The van der Waals surface area contributed by atoms with E-state index in [1.165, 1.54) is 68.6 Å². The summed E-state index contributed by atoms with van der Waals surface area (Å²) < 4.78 is 54.2. The number of benzene rings is 4. The SMILES string of the molecule is CNC(=O)[C@H](Cc1ccccc1)N(Cc1ccc(F)cc1)C(=O)CN(c1cc(C)cc(C)c1)S(=O)(=O)c1ccc(OC)c(OC)c1. The minimum Gasteiger partial charge on any atom is -0.493 e. The van der Waals surface area contributed by atoms with E-state index in [0.717, 1.165) is 21.0 Å². The molecule has 46 heavy (non-hydrogen) atoms. The van der Waals surface area contributed by atoms with Crippen molar-refractivity contribution in [3.63, 3.8) is 0 Å². The quantitative estimate of drug-likeness (QED) is 0.218. The number of amides is 2. The summed E-state index contributed by atoms with van der Waals surface area (Å²) in [5.41, 5.74) is 3.24. The highest BCUT2D eigenvalue weighted by molar-refractivity contribution is 7.92. The maximum absolute atomic E-state index is 14.4. The molecule has 0 radical (unpaired) electrons. The van der Waals surface area contributed by atoms with Gasteiger partial charge in [-0.3, -0.25) is 13.9 Å². The van der Waals surface area contributed by atoms with Crippen LogP contribution >= 0.6 is 0 Å². The zero-order chi connectivity index (χ0) is 33.4. The third-order valence-electron chi connectivity index (χ3n) is 7.50. The number of anilines is 1. The van der Waals surface area contributed by atoms with Crippen molar-refractivity contribution in [1.29, 1.82) is 0 Å². The van der Waals surface area contributed by atoms with Gasteiger partial charge in [0, 0.05) is 26.1 Å². The lowest BCUT2D eigenvalue weighted by Crippen LogP contribution is -2.53. The Balaban J connectivity index is 1.83. The van der Waals surface area contributed by atoms with Crippen molar-refractivity contribution in [3.05, 3.63) is 119 Å². The highest BCUT2D eigenvalue weighted by atomic mass is 32.2. The van der Waals surface area contributed by atoms with Crippen LogP contribution in [0.3, 0.4) is 0 Å². The topological polar surface area (TPSA) is 105 Å². The summed E-state index contributed by atoms with van der Waals surface area (Å²) in [4.78, 5) is 29.1. The normalized spacial score (nSPS) is 11.8. The lowest BCUT2D eigenvalue weighted by molar-refractivity contribution is -0.139. The lowest BCUT2D eigenvalue weighted by Gasteiger charge is -2.33. The van der Waals surface area contributed by atoms with Crippen LogP contribution in [0.5, 0.6) is 11.5 Å². The number of methoxy groups -OCH3 is 2. The van der Waals surface area contributed by atoms with Crippen LogP contribution in [-0.4, -0.2) is 59.0 Å². The van der Waals surface area contributed by atoms with Gasteiger partial charge >= 0.3 is 0 Å². The number of hydrogen-bond acceptors (Lipinski definition) is 6. The second kappa shape index (κ2) is 14.9. The number of aryl methyl sites for hydroxylation is 2. The molecule has 0 fully saturated rings. The Hall–Kier alpha value is -4.90. The number of nitrogens with one attached hydrogen (secondary N) is 1. The molecule has 0 bridgehead atoms. The number of carbonyl (C=O) groups excluding carboxylic acids is 2. The Labute approximate surface area is 269 Å². The fourth-order valence-electron chi connectivity index (χ4n) is 5.23. The molecule has 1 atom stereocenters. The zero-order valence-electron chi connectivity index (χ0n) is 26.5. The van der Waals surface area contributed by atoms with Crippen LogP contribution in [0.2, 0.25) is 0 Å². The highest BCUT2D eigenvalue weighted by Crippen LogP contribution is 2.33. The van der Waals surface area contributed by atoms with Crippen LogP contribution in [0, 0.1) is 19.7 Å². The molecule has 11 heteroatoms. The number of nitrogens with zero attached hydrogens (tertiary/aromatic N) is 2. The van der Waals surface area contributed by atoms with Crippen molar-refractivity contribution in [2.45, 2.75) is 37.8 Å². The van der Waals surface area contributed by atoms with Crippen molar-refractivity contribution in [2.24, 2.45) is 0 Å². The van der Waals surface area contributed by atoms with Gasteiger partial charge in [-0.25, -0.2) is 12.8 Å². The molecule has 0 saturated carbocycles. The zero-order valence-corrected chi connectivity index (χ0v) is 27.3. The fraction of sp³-hybridized carbons (Fsp3) is 0.257. The van der Waals surface area contributed by atoms with E-state index in [9.17, 15) is 22.4 Å². The molecule has 0 aliphatic rings. The molecular weight excluding hydrogens is 609 g/mol. The molecule has 0 unspecified atom stereocenters. The van der Waals surface area contributed by atoms with Crippen LogP contribution in [0.25, 0.3) is 0 Å². The third-order valence-corrected chi connectivity index (χ3v) is 9.27. The minimum absolute atomic E-state index is 0.0683. The Kier molecular flexibility index (Phi) is 11.0. The van der Waals surface area contributed by atoms with Crippen LogP contribution < -0.4 is 19.1 Å². The molecule has 1 N–H and O–H groups in total. The van der Waals surface area contributed by atoms with Crippen molar-refractivity contribution >= 4 is 27.5 Å². The maximum Gasteiger partial charge on any atom is 0.264 e. The molecular formula is C35H38FN3O6S. The Bertz CT molecular complexity index is 1760. The molecule has 0 aliphatic heterocycles. The van der Waals surface area contributed by atoms with Gasteiger partial charge < -0.3 is 19.7 Å². The van der Waals surface area contributed by atoms with Crippen LogP contribution in [-0.2, 0) is 32.6 Å². The maximum atomic E-state index is 14.4. The van der Waals surface area contributed by atoms with Crippen molar-refractivity contribution in [1.82, 2.24) is 10.2 Å². The number of likely N-dealkylation sites (N-methyl/N-ethyl adjacent to an activating group) is 1. The molecule has 4 aromatic carbocycles. The summed E-state index contributed by atoms with van der Waals surface area (Å²) in [6.07, 6.45) is 0.166. The summed E-state index contributed by atoms with van der Waals surface area (Å²) in [5, 5.41) is 2.64. The lowest BCUT2D eigenvalue weighted by atomic mass is 10.0. The van der Waals surface area contributed by atoms with Crippen molar-refractivity contribution < 1.29 is 31.9 Å². The number of rotatable bonds is 13. The molecule has 0 aromatic heterocycles. The largest absolute Gasteiger partial charge is 0.493 e. The van der Waals surface area contributed by atoms with Crippen molar-refractivity contribution in [3.8, 4) is 11.5 Å². The van der Waals surface area contributed by atoms with Crippen molar-refractivity contribution in [2.75, 3.05) is 32.1 Å². The van der Waals surface area contributed by atoms with Gasteiger partial charge in [-0.1, -0.05) is 48.5 Å². The summed E-state index contributed by atoms with van der Waals surface area (Å²) in [6.45, 7) is 2.98. The van der Waals surface area contributed by atoms with E-state index in [1.54, 1.807) is 12.1 Å². The number of hydrogen-bond donors (Lipinski definition) is 1. The summed E-state index contributed by atoms with van der Waals surface area (Å²) >= 11 is 0. The fourth-order valence-corrected chi connectivity index (χ4v) is 6.65. The van der Waals surface area contributed by atoms with Gasteiger partial charge in [0.2, 0.25) is 11.8 Å². The Morgan fingerprint density at radius 1 is 0.826 bits per heavy atom. The molecule has 4 aromatic rings. The van der Waals surface area contributed by atoms with Crippen LogP contribution in [0.1, 0.15) is 22.3 Å². The van der Waals surface area contributed by atoms with Gasteiger partial charge in [0.15, 0.2) is 11.5 Å². The van der Waals surface area contributed by atoms with E-state index >= 15 is 0 Å². The Morgan fingerprint density at radius 2 is 1.46 bits per heavy atom. The first-order chi connectivity index (χ1) is 22.0. The molecule has 0 spiro atoms. The monoisotopic (exact) mass is 647 g/mol. The molecule has 0 heterocycles. The van der Waals surface area contributed by atoms with Gasteiger partial charge in [-0.15, -0.1) is 0 Å². The summed E-state index contributed by atoms with van der Waals surface area (Å²) in [6, 6.07) is 23.3. The van der Waals surface area contributed by atoms with Crippen LogP contribution in [0.4, 0.5) is 10.1 Å². The predicted octanol–water partition coefficient (Wildman–Crippen LogP) is 5.04. The molecule has 4 rings (SSSR count). The number of carbonyl (C=O) groups is 2. The standard InChI is InChI=1S/C35H38FN3O6S/c1-24-17-25(2)19-29(18-24)39(46(42,43)30-15-16-32(44-4)33(21-30)45-5)23-34(40)38(22-27-11-13-28(36)14-12-27)31(35(41)37-3)20-26-9-7-6-8-10-26/h6-19,21,31H,20,22-23H2,1-5H3,(H,37,41)/t31-/m0/s1. The summed E-state index contributed by atoms with van der Waals surface area (Å²) in [5.74, 6) is -0.959. The average Bonchev–Trinajstić information content (AvgIpc) is 3.05. The van der Waals surface area contributed by atoms with Gasteiger partial charge in [0.25, 0.3) is 10.0 Å². The second-order valence-corrected chi connectivity index (χ2v) is 12.7. The van der Waals surface area contributed by atoms with Gasteiger partial charge in [-0.05, 0) is 72.5 Å².